The minimum atomic E-state index is -0.351. The van der Waals surface area contributed by atoms with Crippen LogP contribution in [-0.4, -0.2) is 26.5 Å². The fourth-order valence-corrected chi connectivity index (χ4v) is 3.73. The fourth-order valence-electron chi connectivity index (χ4n) is 2.68. The molecule has 0 radical (unpaired) electrons. The number of imidazole rings is 1. The van der Waals surface area contributed by atoms with Gasteiger partial charge in [-0.05, 0) is 31.2 Å². The molecule has 7 nitrogen and oxygen atoms in total. The summed E-state index contributed by atoms with van der Waals surface area (Å²) in [5.74, 6) is -0.351. The summed E-state index contributed by atoms with van der Waals surface area (Å²) >= 11 is 7.51. The molecule has 0 aliphatic rings. The highest BCUT2D eigenvalue weighted by atomic mass is 35.5. The second-order valence-electron chi connectivity index (χ2n) is 5.84. The number of para-hydroxylation sites is 1. The molecule has 9 heteroatoms. The summed E-state index contributed by atoms with van der Waals surface area (Å²) in [7, 11) is 0. The zero-order valence-corrected chi connectivity index (χ0v) is 16.3. The van der Waals surface area contributed by atoms with Crippen molar-refractivity contribution in [1.82, 2.24) is 19.8 Å². The van der Waals surface area contributed by atoms with Gasteiger partial charge in [0.15, 0.2) is 10.3 Å². The summed E-state index contributed by atoms with van der Waals surface area (Å²) in [6.45, 7) is 1.78. The van der Waals surface area contributed by atoms with E-state index in [-0.39, 0.29) is 5.91 Å². The highest BCUT2D eigenvalue weighted by Gasteiger charge is 2.15. The number of hydrazone groups is 1. The molecule has 0 unspecified atom stereocenters. The van der Waals surface area contributed by atoms with Gasteiger partial charge in [-0.1, -0.05) is 47.2 Å². The maximum absolute atomic E-state index is 12.5. The largest absolute Gasteiger partial charge is 0.331 e. The van der Waals surface area contributed by atoms with Crippen LogP contribution < -0.4 is 10.7 Å². The van der Waals surface area contributed by atoms with Crippen LogP contribution in [-0.2, 0) is 0 Å². The molecule has 0 saturated carbocycles. The van der Waals surface area contributed by atoms with Crippen molar-refractivity contribution in [2.75, 3.05) is 5.32 Å². The van der Waals surface area contributed by atoms with Crippen LogP contribution in [0.4, 0.5) is 10.8 Å². The molecule has 28 heavy (non-hydrogen) atoms. The van der Waals surface area contributed by atoms with Crippen LogP contribution in [0.1, 0.15) is 21.1 Å². The molecule has 0 saturated heterocycles. The molecule has 0 fully saturated rings. The number of aromatic nitrogens is 3. The van der Waals surface area contributed by atoms with Crippen molar-refractivity contribution in [3.8, 4) is 0 Å². The third kappa shape index (κ3) is 3.73. The average Bonchev–Trinajstić information content (AvgIpc) is 3.21. The van der Waals surface area contributed by atoms with E-state index in [0.29, 0.717) is 32.2 Å². The predicted octanol–water partition coefficient (Wildman–Crippen LogP) is 4.26. The molecule has 3 heterocycles. The summed E-state index contributed by atoms with van der Waals surface area (Å²) in [5.41, 5.74) is 5.21. The predicted molar refractivity (Wildman–Crippen MR) is 112 cm³/mol. The van der Waals surface area contributed by atoms with Gasteiger partial charge in [0, 0.05) is 11.9 Å². The maximum Gasteiger partial charge on any atom is 0.290 e. The number of fused-ring (bicyclic) bond motifs is 1. The number of aryl methyl sites for hydroxylation is 1. The van der Waals surface area contributed by atoms with E-state index < -0.39 is 0 Å². The summed E-state index contributed by atoms with van der Waals surface area (Å²) in [4.78, 5) is 21.8. The monoisotopic (exact) mass is 410 g/mol. The molecule has 0 aliphatic heterocycles. The molecule has 0 spiro atoms. The molecular weight excluding hydrogens is 396 g/mol. The Labute approximate surface area is 169 Å². The van der Waals surface area contributed by atoms with Gasteiger partial charge in [0.2, 0.25) is 0 Å². The van der Waals surface area contributed by atoms with Crippen LogP contribution in [0.15, 0.2) is 59.8 Å². The standard InChI is InChI=1S/C19H15ClN6OS/c1-12-16(26-10-6-5-9-15(26)22-12)18(27)25-21-11-14-17(20)24-19(28-14)23-13-7-3-2-4-8-13/h2-11H,1H3,(H,23,24)(H,25,27). The number of thiazole rings is 1. The molecule has 0 bridgehead atoms. The first-order chi connectivity index (χ1) is 13.6. The Hall–Kier alpha value is -3.23. The first-order valence-corrected chi connectivity index (χ1v) is 9.57. The molecule has 0 aliphatic carbocycles. The van der Waals surface area contributed by atoms with Gasteiger partial charge in [0.25, 0.3) is 5.91 Å². The first-order valence-electron chi connectivity index (χ1n) is 8.37. The van der Waals surface area contributed by atoms with Crippen molar-refractivity contribution in [3.05, 3.63) is 76.1 Å². The minimum absolute atomic E-state index is 0.312. The van der Waals surface area contributed by atoms with Gasteiger partial charge in [0.1, 0.15) is 11.3 Å². The van der Waals surface area contributed by atoms with Crippen LogP contribution in [0, 0.1) is 6.92 Å². The summed E-state index contributed by atoms with van der Waals surface area (Å²) in [5, 5.41) is 8.15. The fraction of sp³-hybridized carbons (Fsp3) is 0.0526. The highest BCUT2D eigenvalue weighted by molar-refractivity contribution is 7.17. The Kier molecular flexibility index (Phi) is 5.05. The average molecular weight is 411 g/mol. The quantitative estimate of drug-likeness (QED) is 0.380. The Bertz CT molecular complexity index is 1170. The Morgan fingerprint density at radius 2 is 1.96 bits per heavy atom. The Morgan fingerprint density at radius 1 is 1.18 bits per heavy atom. The number of amides is 1. The van der Waals surface area contributed by atoms with Crippen molar-refractivity contribution in [2.45, 2.75) is 6.92 Å². The molecule has 2 N–H and O–H groups in total. The van der Waals surface area contributed by atoms with E-state index in [1.807, 2.05) is 48.5 Å². The van der Waals surface area contributed by atoms with Gasteiger partial charge in [-0.25, -0.2) is 15.4 Å². The lowest BCUT2D eigenvalue weighted by atomic mass is 10.3. The highest BCUT2D eigenvalue weighted by Crippen LogP contribution is 2.27. The van der Waals surface area contributed by atoms with E-state index in [1.165, 1.54) is 17.6 Å². The Balaban J connectivity index is 1.47. The number of nitrogens with zero attached hydrogens (tertiary/aromatic N) is 4. The zero-order valence-electron chi connectivity index (χ0n) is 14.8. The second kappa shape index (κ2) is 7.79. The minimum Gasteiger partial charge on any atom is -0.331 e. The molecule has 140 valence electrons. The molecule has 3 aromatic heterocycles. The van der Waals surface area contributed by atoms with Crippen molar-refractivity contribution in [2.24, 2.45) is 5.10 Å². The van der Waals surface area contributed by atoms with Crippen molar-refractivity contribution >= 4 is 51.5 Å². The summed E-state index contributed by atoms with van der Waals surface area (Å²) in [6, 6.07) is 15.2. The maximum atomic E-state index is 12.5. The lowest BCUT2D eigenvalue weighted by Gasteiger charge is -2.01. The van der Waals surface area contributed by atoms with E-state index >= 15 is 0 Å². The number of benzene rings is 1. The van der Waals surface area contributed by atoms with Gasteiger partial charge >= 0.3 is 0 Å². The normalized spacial score (nSPS) is 11.2. The molecule has 0 atom stereocenters. The van der Waals surface area contributed by atoms with E-state index in [4.69, 9.17) is 11.6 Å². The second-order valence-corrected chi connectivity index (χ2v) is 7.23. The number of carbonyl (C=O) groups is 1. The zero-order chi connectivity index (χ0) is 19.5. The van der Waals surface area contributed by atoms with Crippen molar-refractivity contribution < 1.29 is 4.79 Å². The van der Waals surface area contributed by atoms with Crippen LogP contribution in [0.5, 0.6) is 0 Å². The number of hydrogen-bond acceptors (Lipinski definition) is 6. The SMILES string of the molecule is Cc1nc2ccccn2c1C(=O)NN=Cc1sc(Nc2ccccc2)nc1Cl. The van der Waals surface area contributed by atoms with E-state index in [9.17, 15) is 4.79 Å². The number of pyridine rings is 1. The Morgan fingerprint density at radius 3 is 2.79 bits per heavy atom. The van der Waals surface area contributed by atoms with Crippen LogP contribution >= 0.6 is 22.9 Å². The van der Waals surface area contributed by atoms with Gasteiger partial charge in [-0.15, -0.1) is 0 Å². The molecule has 1 amide bonds. The number of carbonyl (C=O) groups excluding carboxylic acids is 1. The van der Waals surface area contributed by atoms with Crippen LogP contribution in [0.2, 0.25) is 5.15 Å². The lowest BCUT2D eigenvalue weighted by molar-refractivity contribution is 0.0948. The number of anilines is 2. The first kappa shape index (κ1) is 18.1. The van der Waals surface area contributed by atoms with Gasteiger partial charge in [-0.3, -0.25) is 9.20 Å². The van der Waals surface area contributed by atoms with E-state index in [0.717, 1.165) is 5.69 Å². The summed E-state index contributed by atoms with van der Waals surface area (Å²) in [6.07, 6.45) is 3.27. The topological polar surface area (TPSA) is 83.7 Å². The number of halogens is 1. The smallest absolute Gasteiger partial charge is 0.290 e. The lowest BCUT2D eigenvalue weighted by Crippen LogP contribution is -2.20. The van der Waals surface area contributed by atoms with Crippen LogP contribution in [0.25, 0.3) is 5.65 Å². The van der Waals surface area contributed by atoms with Gasteiger partial charge in [0.05, 0.1) is 16.8 Å². The third-order valence-corrected chi connectivity index (χ3v) is 5.21. The van der Waals surface area contributed by atoms with Crippen molar-refractivity contribution in [3.63, 3.8) is 0 Å². The van der Waals surface area contributed by atoms with Crippen molar-refractivity contribution in [1.29, 1.82) is 0 Å². The van der Waals surface area contributed by atoms with E-state index in [2.05, 4.69) is 25.8 Å². The molecule has 1 aromatic carbocycles. The molecular formula is C19H15ClN6OS. The van der Waals surface area contributed by atoms with Crippen LogP contribution in [0.3, 0.4) is 0 Å². The number of nitrogens with one attached hydrogen (secondary N) is 2. The van der Waals surface area contributed by atoms with Gasteiger partial charge in [-0.2, -0.15) is 5.10 Å². The third-order valence-electron chi connectivity index (χ3n) is 3.90. The van der Waals surface area contributed by atoms with E-state index in [1.54, 1.807) is 17.5 Å². The molecule has 4 rings (SSSR count). The molecule has 4 aromatic rings. The summed E-state index contributed by atoms with van der Waals surface area (Å²) < 4.78 is 1.72. The van der Waals surface area contributed by atoms with Gasteiger partial charge < -0.3 is 5.32 Å². The number of hydrogen-bond donors (Lipinski definition) is 2. The number of rotatable bonds is 5.